The van der Waals surface area contributed by atoms with Gasteiger partial charge >= 0.3 is 13.1 Å². The molecule has 142 valence electrons. The van der Waals surface area contributed by atoms with Crippen molar-refractivity contribution in [3.8, 4) is 11.6 Å². The topological polar surface area (TPSA) is 66.9 Å². The molecule has 3 rings (SSSR count). The van der Waals surface area contributed by atoms with Gasteiger partial charge in [-0.05, 0) is 65.0 Å². The molecule has 6 nitrogen and oxygen atoms in total. The molecule has 1 saturated heterocycles. The van der Waals surface area contributed by atoms with Gasteiger partial charge in [0.2, 0.25) is 5.88 Å². The third-order valence-corrected chi connectivity index (χ3v) is 4.89. The van der Waals surface area contributed by atoms with Crippen molar-refractivity contribution in [2.45, 2.75) is 45.8 Å². The zero-order valence-corrected chi connectivity index (χ0v) is 16.3. The molecule has 0 bridgehead atoms. The summed E-state index contributed by atoms with van der Waals surface area (Å²) >= 11 is 0. The van der Waals surface area contributed by atoms with E-state index in [1.54, 1.807) is 37.4 Å². The van der Waals surface area contributed by atoms with Crippen molar-refractivity contribution >= 4 is 18.6 Å². The fourth-order valence-corrected chi connectivity index (χ4v) is 2.62. The largest absolute Gasteiger partial charge is 0.500 e. The summed E-state index contributed by atoms with van der Waals surface area (Å²) < 4.78 is 23.1. The lowest BCUT2D eigenvalue weighted by molar-refractivity contribution is 0.00578. The van der Waals surface area contributed by atoms with Crippen molar-refractivity contribution in [1.29, 1.82) is 0 Å². The Morgan fingerprint density at radius 1 is 1.07 bits per heavy atom. The molecule has 0 atom stereocenters. The number of pyridine rings is 1. The van der Waals surface area contributed by atoms with E-state index >= 15 is 0 Å². The maximum absolute atomic E-state index is 11.8. The third kappa shape index (κ3) is 3.99. The van der Waals surface area contributed by atoms with Crippen LogP contribution in [0.1, 0.15) is 45.0 Å². The predicted molar refractivity (Wildman–Crippen MR) is 102 cm³/mol. The first-order chi connectivity index (χ1) is 12.7. The van der Waals surface area contributed by atoms with E-state index in [-0.39, 0.29) is 5.97 Å². The summed E-state index contributed by atoms with van der Waals surface area (Å²) in [5.41, 5.74) is 0.278. The van der Waals surface area contributed by atoms with E-state index in [2.05, 4.69) is 4.98 Å². The normalized spacial score (nSPS) is 17.6. The Hall–Kier alpha value is -2.38. The highest BCUT2D eigenvalue weighted by Gasteiger charge is 2.52. The van der Waals surface area contributed by atoms with Gasteiger partial charge in [-0.15, -0.1) is 0 Å². The van der Waals surface area contributed by atoms with Crippen LogP contribution >= 0.6 is 0 Å². The second-order valence-electron chi connectivity index (χ2n) is 7.33. The maximum atomic E-state index is 11.8. The predicted octanol–water partition coefficient (Wildman–Crippen LogP) is 3.35. The quantitative estimate of drug-likeness (QED) is 0.595. The third-order valence-electron chi connectivity index (χ3n) is 4.89. The van der Waals surface area contributed by atoms with Gasteiger partial charge < -0.3 is 18.8 Å². The Morgan fingerprint density at radius 3 is 2.30 bits per heavy atom. The van der Waals surface area contributed by atoms with Crippen LogP contribution < -0.4 is 10.2 Å². The van der Waals surface area contributed by atoms with Gasteiger partial charge in [0.15, 0.2) is 0 Å². The SMILES string of the molecule is CCOC(=O)c1ccc(Oc2ncccc2B2OC(C)(C)C(C)(C)O2)cc1. The standard InChI is InChI=1S/C20H24BNO5/c1-6-24-18(23)14-9-11-15(12-10-14)25-17-16(8-7-13-22-17)21-26-19(2,3)20(4,5)27-21/h7-13H,6H2,1-5H3. The Balaban J connectivity index is 1.80. The molecule has 0 radical (unpaired) electrons. The average molecular weight is 369 g/mol. The molecule has 1 fully saturated rings. The molecule has 0 unspecified atom stereocenters. The summed E-state index contributed by atoms with van der Waals surface area (Å²) in [6, 6.07) is 10.4. The summed E-state index contributed by atoms with van der Waals surface area (Å²) in [4.78, 5) is 16.1. The molecule has 1 aliphatic rings. The number of carbonyl (C=O) groups excluding carboxylic acids is 1. The Kier molecular flexibility index (Phi) is 5.26. The molecule has 1 aromatic carbocycles. The molecule has 0 saturated carbocycles. The zero-order valence-electron chi connectivity index (χ0n) is 16.3. The summed E-state index contributed by atoms with van der Waals surface area (Å²) in [6.07, 6.45) is 1.65. The summed E-state index contributed by atoms with van der Waals surface area (Å²) in [7, 11) is -0.572. The first-order valence-corrected chi connectivity index (χ1v) is 8.99. The van der Waals surface area contributed by atoms with E-state index in [0.29, 0.717) is 29.3 Å². The number of hydrogen-bond donors (Lipinski definition) is 0. The molecule has 0 spiro atoms. The lowest BCUT2D eigenvalue weighted by atomic mass is 9.80. The number of ether oxygens (including phenoxy) is 2. The van der Waals surface area contributed by atoms with E-state index in [9.17, 15) is 4.79 Å². The molecule has 2 heterocycles. The number of nitrogens with zero attached hydrogens (tertiary/aromatic N) is 1. The van der Waals surface area contributed by atoms with Crippen LogP contribution in [0.2, 0.25) is 0 Å². The Morgan fingerprint density at radius 2 is 1.70 bits per heavy atom. The Labute approximate surface area is 159 Å². The number of aromatic nitrogens is 1. The molecule has 0 N–H and O–H groups in total. The van der Waals surface area contributed by atoms with Crippen molar-refractivity contribution in [3.05, 3.63) is 48.2 Å². The van der Waals surface area contributed by atoms with Crippen molar-refractivity contribution in [2.24, 2.45) is 0 Å². The minimum absolute atomic E-state index is 0.336. The first kappa shape index (κ1) is 19.4. The lowest BCUT2D eigenvalue weighted by Crippen LogP contribution is -2.41. The number of hydrogen-bond acceptors (Lipinski definition) is 6. The van der Waals surface area contributed by atoms with Crippen LogP contribution in [0, 0.1) is 0 Å². The van der Waals surface area contributed by atoms with Gasteiger partial charge in [-0.2, -0.15) is 0 Å². The lowest BCUT2D eigenvalue weighted by Gasteiger charge is -2.32. The molecular formula is C20H24BNO5. The van der Waals surface area contributed by atoms with Crippen molar-refractivity contribution < 1.29 is 23.6 Å². The summed E-state index contributed by atoms with van der Waals surface area (Å²) in [5, 5.41) is 0. The van der Waals surface area contributed by atoms with Gasteiger partial charge in [0.05, 0.1) is 23.4 Å². The zero-order chi connectivity index (χ0) is 19.7. The van der Waals surface area contributed by atoms with Crippen LogP contribution in [0.5, 0.6) is 11.6 Å². The average Bonchev–Trinajstić information content (AvgIpc) is 2.84. The van der Waals surface area contributed by atoms with Crippen molar-refractivity contribution in [2.75, 3.05) is 6.61 Å². The van der Waals surface area contributed by atoms with E-state index in [4.69, 9.17) is 18.8 Å². The van der Waals surface area contributed by atoms with Gasteiger partial charge in [0.1, 0.15) is 5.75 Å². The van der Waals surface area contributed by atoms with Gasteiger partial charge in [-0.1, -0.05) is 6.07 Å². The molecule has 27 heavy (non-hydrogen) atoms. The van der Waals surface area contributed by atoms with Gasteiger partial charge in [0, 0.05) is 11.7 Å². The van der Waals surface area contributed by atoms with E-state index in [1.807, 2.05) is 39.8 Å². The second-order valence-corrected chi connectivity index (χ2v) is 7.33. The first-order valence-electron chi connectivity index (χ1n) is 8.99. The maximum Gasteiger partial charge on any atom is 0.500 e. The van der Waals surface area contributed by atoms with Crippen LogP contribution in [0.4, 0.5) is 0 Å². The summed E-state index contributed by atoms with van der Waals surface area (Å²) in [6.45, 7) is 10.1. The molecule has 0 amide bonds. The van der Waals surface area contributed by atoms with E-state index < -0.39 is 18.3 Å². The molecule has 7 heteroatoms. The van der Waals surface area contributed by atoms with Crippen LogP contribution in [-0.2, 0) is 14.0 Å². The second kappa shape index (κ2) is 7.33. The number of carbonyl (C=O) groups is 1. The van der Waals surface area contributed by atoms with Gasteiger partial charge in [0.25, 0.3) is 0 Å². The van der Waals surface area contributed by atoms with Crippen LogP contribution in [-0.4, -0.2) is 35.9 Å². The molecular weight excluding hydrogens is 345 g/mol. The Bertz CT molecular complexity index is 803. The van der Waals surface area contributed by atoms with Crippen molar-refractivity contribution in [3.63, 3.8) is 0 Å². The van der Waals surface area contributed by atoms with E-state index in [0.717, 1.165) is 0 Å². The number of esters is 1. The van der Waals surface area contributed by atoms with Crippen molar-refractivity contribution in [1.82, 2.24) is 4.98 Å². The number of rotatable bonds is 5. The highest BCUT2D eigenvalue weighted by molar-refractivity contribution is 6.63. The fourth-order valence-electron chi connectivity index (χ4n) is 2.62. The smallest absolute Gasteiger partial charge is 0.462 e. The van der Waals surface area contributed by atoms with E-state index in [1.165, 1.54) is 0 Å². The minimum Gasteiger partial charge on any atom is -0.462 e. The molecule has 1 aromatic heterocycles. The fraction of sp³-hybridized carbons (Fsp3) is 0.400. The molecule has 0 aliphatic carbocycles. The van der Waals surface area contributed by atoms with Gasteiger partial charge in [-0.25, -0.2) is 9.78 Å². The van der Waals surface area contributed by atoms with Crippen LogP contribution in [0.15, 0.2) is 42.6 Å². The monoisotopic (exact) mass is 369 g/mol. The number of benzene rings is 1. The highest BCUT2D eigenvalue weighted by Crippen LogP contribution is 2.37. The molecule has 2 aromatic rings. The highest BCUT2D eigenvalue weighted by atomic mass is 16.7. The minimum atomic E-state index is -0.572. The summed E-state index contributed by atoms with van der Waals surface area (Å²) in [5.74, 6) is 0.596. The van der Waals surface area contributed by atoms with Gasteiger partial charge in [-0.3, -0.25) is 0 Å². The van der Waals surface area contributed by atoms with Crippen LogP contribution in [0.3, 0.4) is 0 Å². The molecule has 1 aliphatic heterocycles. The van der Waals surface area contributed by atoms with Crippen LogP contribution in [0.25, 0.3) is 0 Å².